The molecule has 1 aliphatic rings. The van der Waals surface area contributed by atoms with Gasteiger partial charge in [-0.1, -0.05) is 13.8 Å². The van der Waals surface area contributed by atoms with Crippen molar-refractivity contribution in [3.8, 4) is 0 Å². The molecular formula is C11H21NO4. The maximum atomic E-state index is 11.7. The Labute approximate surface area is 96.6 Å². The van der Waals surface area contributed by atoms with E-state index in [0.717, 1.165) is 6.42 Å². The van der Waals surface area contributed by atoms with E-state index in [-0.39, 0.29) is 24.8 Å². The van der Waals surface area contributed by atoms with Gasteiger partial charge in [0, 0.05) is 14.2 Å². The van der Waals surface area contributed by atoms with Crippen molar-refractivity contribution in [1.82, 2.24) is 4.90 Å². The van der Waals surface area contributed by atoms with E-state index in [4.69, 9.17) is 14.2 Å². The van der Waals surface area contributed by atoms with Gasteiger partial charge >= 0.3 is 0 Å². The van der Waals surface area contributed by atoms with Gasteiger partial charge in [-0.25, -0.2) is 0 Å². The van der Waals surface area contributed by atoms with Crippen molar-refractivity contribution in [2.24, 2.45) is 5.92 Å². The minimum absolute atomic E-state index is 0.00968. The molecule has 0 saturated carbocycles. The summed E-state index contributed by atoms with van der Waals surface area (Å²) >= 11 is 0. The van der Waals surface area contributed by atoms with Gasteiger partial charge in [0.15, 0.2) is 6.10 Å². The summed E-state index contributed by atoms with van der Waals surface area (Å²) in [5.74, 6) is 0.510. The maximum Gasteiger partial charge on any atom is 0.256 e. The molecule has 0 spiro atoms. The molecule has 1 rings (SSSR count). The van der Waals surface area contributed by atoms with Gasteiger partial charge in [0.25, 0.3) is 5.91 Å². The number of ether oxygens (including phenoxy) is 3. The van der Waals surface area contributed by atoms with Crippen LogP contribution in [0.5, 0.6) is 0 Å². The monoisotopic (exact) mass is 231 g/mol. The SMILES string of the molecule is COCO[C@H]1C(=O)N(COC)[C@H]1CC(C)C. The average molecular weight is 231 g/mol. The van der Waals surface area contributed by atoms with Gasteiger partial charge in [-0.3, -0.25) is 4.79 Å². The first-order valence-electron chi connectivity index (χ1n) is 5.51. The van der Waals surface area contributed by atoms with Crippen molar-refractivity contribution < 1.29 is 19.0 Å². The number of β-lactam (4-membered cyclic amide) rings is 1. The Balaban J connectivity index is 2.52. The van der Waals surface area contributed by atoms with Crippen LogP contribution < -0.4 is 0 Å². The van der Waals surface area contributed by atoms with Crippen molar-refractivity contribution in [3.63, 3.8) is 0 Å². The Morgan fingerprint density at radius 2 is 2.00 bits per heavy atom. The standard InChI is InChI=1S/C11H21NO4/c1-8(2)5-9-10(16-7-15-4)11(13)12(9)6-14-3/h8-10H,5-7H2,1-4H3/t9-,10+/m0/s1. The molecule has 0 radical (unpaired) electrons. The molecule has 0 N–H and O–H groups in total. The van der Waals surface area contributed by atoms with Crippen LogP contribution in [0.25, 0.3) is 0 Å². The van der Waals surface area contributed by atoms with Crippen LogP contribution in [0.2, 0.25) is 0 Å². The Hall–Kier alpha value is -0.650. The third kappa shape index (κ3) is 2.93. The second kappa shape index (κ2) is 6.18. The first kappa shape index (κ1) is 13.4. The molecule has 0 aromatic carbocycles. The second-order valence-electron chi connectivity index (χ2n) is 4.42. The molecular weight excluding hydrogens is 210 g/mol. The summed E-state index contributed by atoms with van der Waals surface area (Å²) in [6.45, 7) is 4.75. The van der Waals surface area contributed by atoms with Gasteiger partial charge in [0.1, 0.15) is 13.5 Å². The average Bonchev–Trinajstić information content (AvgIpc) is 2.24. The molecule has 1 heterocycles. The summed E-state index contributed by atoms with van der Waals surface area (Å²) in [5, 5.41) is 0. The third-order valence-corrected chi connectivity index (χ3v) is 2.62. The molecule has 0 bridgehead atoms. The van der Waals surface area contributed by atoms with Crippen LogP contribution >= 0.6 is 0 Å². The van der Waals surface area contributed by atoms with Crippen LogP contribution in [0.4, 0.5) is 0 Å². The van der Waals surface area contributed by atoms with Crippen LogP contribution in [0.1, 0.15) is 20.3 Å². The molecule has 1 amide bonds. The Morgan fingerprint density at radius 3 is 2.50 bits per heavy atom. The highest BCUT2D eigenvalue weighted by Gasteiger charge is 2.48. The minimum atomic E-state index is -0.363. The van der Waals surface area contributed by atoms with E-state index in [1.165, 1.54) is 0 Å². The van der Waals surface area contributed by atoms with Gasteiger partial charge in [-0.05, 0) is 12.3 Å². The van der Waals surface area contributed by atoms with E-state index in [2.05, 4.69) is 13.8 Å². The van der Waals surface area contributed by atoms with Crippen molar-refractivity contribution in [2.45, 2.75) is 32.4 Å². The summed E-state index contributed by atoms with van der Waals surface area (Å²) in [5.41, 5.74) is 0. The summed E-state index contributed by atoms with van der Waals surface area (Å²) in [4.78, 5) is 13.4. The first-order chi connectivity index (χ1) is 7.61. The molecule has 1 fully saturated rings. The molecule has 2 atom stereocenters. The number of hydrogen-bond acceptors (Lipinski definition) is 4. The fraction of sp³-hybridized carbons (Fsp3) is 0.909. The largest absolute Gasteiger partial charge is 0.364 e. The smallest absolute Gasteiger partial charge is 0.256 e. The normalized spacial score (nSPS) is 25.1. The zero-order chi connectivity index (χ0) is 12.1. The molecule has 1 aliphatic heterocycles. The number of carbonyl (C=O) groups excluding carboxylic acids is 1. The van der Waals surface area contributed by atoms with Gasteiger partial charge in [-0.15, -0.1) is 0 Å². The van der Waals surface area contributed by atoms with Crippen LogP contribution in [0.15, 0.2) is 0 Å². The van der Waals surface area contributed by atoms with Gasteiger partial charge in [0.05, 0.1) is 6.04 Å². The number of rotatable bonds is 7. The number of likely N-dealkylation sites (tertiary alicyclic amines) is 1. The lowest BCUT2D eigenvalue weighted by atomic mass is 9.90. The zero-order valence-electron chi connectivity index (χ0n) is 10.4. The number of carbonyl (C=O) groups is 1. The van der Waals surface area contributed by atoms with Gasteiger partial charge in [0.2, 0.25) is 0 Å². The zero-order valence-corrected chi connectivity index (χ0v) is 10.4. The highest BCUT2D eigenvalue weighted by atomic mass is 16.7. The Bertz CT molecular complexity index is 232. The lowest BCUT2D eigenvalue weighted by molar-refractivity contribution is -0.198. The quantitative estimate of drug-likeness (QED) is 0.481. The Kier molecular flexibility index (Phi) is 5.18. The highest BCUT2D eigenvalue weighted by Crippen LogP contribution is 2.28. The van der Waals surface area contributed by atoms with Crippen molar-refractivity contribution in [1.29, 1.82) is 0 Å². The fourth-order valence-electron chi connectivity index (χ4n) is 1.93. The molecule has 0 aromatic heterocycles. The van der Waals surface area contributed by atoms with Gasteiger partial charge < -0.3 is 19.1 Å². The summed E-state index contributed by atoms with van der Waals surface area (Å²) in [7, 11) is 3.14. The van der Waals surface area contributed by atoms with E-state index < -0.39 is 0 Å². The summed E-state index contributed by atoms with van der Waals surface area (Å²) in [6, 6.07) is 0.114. The number of methoxy groups -OCH3 is 2. The molecule has 1 saturated heterocycles. The van der Waals surface area contributed by atoms with E-state index in [1.807, 2.05) is 0 Å². The van der Waals surface area contributed by atoms with E-state index in [1.54, 1.807) is 19.1 Å². The van der Waals surface area contributed by atoms with E-state index in [9.17, 15) is 4.79 Å². The molecule has 94 valence electrons. The first-order valence-corrected chi connectivity index (χ1v) is 5.51. The van der Waals surface area contributed by atoms with Crippen molar-refractivity contribution in [3.05, 3.63) is 0 Å². The predicted octanol–water partition coefficient (Wildman–Crippen LogP) is 0.836. The van der Waals surface area contributed by atoms with E-state index in [0.29, 0.717) is 12.6 Å². The molecule has 0 aliphatic carbocycles. The second-order valence-corrected chi connectivity index (χ2v) is 4.42. The number of nitrogens with zero attached hydrogens (tertiary/aromatic N) is 1. The molecule has 0 aromatic rings. The lowest BCUT2D eigenvalue weighted by Crippen LogP contribution is -2.66. The molecule has 0 unspecified atom stereocenters. The highest BCUT2D eigenvalue weighted by molar-refractivity contribution is 5.88. The van der Waals surface area contributed by atoms with E-state index >= 15 is 0 Å². The minimum Gasteiger partial charge on any atom is -0.364 e. The molecule has 16 heavy (non-hydrogen) atoms. The maximum absolute atomic E-state index is 11.7. The summed E-state index contributed by atoms with van der Waals surface area (Å²) in [6.07, 6.45) is 0.557. The van der Waals surface area contributed by atoms with Crippen molar-refractivity contribution >= 4 is 5.91 Å². The van der Waals surface area contributed by atoms with Crippen LogP contribution in [-0.2, 0) is 19.0 Å². The fourth-order valence-corrected chi connectivity index (χ4v) is 1.93. The van der Waals surface area contributed by atoms with Gasteiger partial charge in [-0.2, -0.15) is 0 Å². The third-order valence-electron chi connectivity index (χ3n) is 2.62. The number of hydrogen-bond donors (Lipinski definition) is 0. The summed E-state index contributed by atoms with van der Waals surface area (Å²) < 4.78 is 15.2. The molecule has 5 nitrogen and oxygen atoms in total. The predicted molar refractivity (Wildman–Crippen MR) is 58.7 cm³/mol. The van der Waals surface area contributed by atoms with Crippen LogP contribution in [-0.4, -0.2) is 50.7 Å². The van der Waals surface area contributed by atoms with Crippen molar-refractivity contribution in [2.75, 3.05) is 27.7 Å². The Morgan fingerprint density at radius 1 is 1.31 bits per heavy atom. The number of amides is 1. The molecule has 5 heteroatoms. The van der Waals surface area contributed by atoms with Crippen LogP contribution in [0.3, 0.4) is 0 Å². The topological polar surface area (TPSA) is 48.0 Å². The van der Waals surface area contributed by atoms with Crippen LogP contribution in [0, 0.1) is 5.92 Å². The lowest BCUT2D eigenvalue weighted by Gasteiger charge is -2.46.